The van der Waals surface area contributed by atoms with Crippen LogP contribution in [0.3, 0.4) is 0 Å². The first-order valence-electron chi connectivity index (χ1n) is 8.65. The minimum Gasteiger partial charge on any atom is -0.338 e. The van der Waals surface area contributed by atoms with E-state index < -0.39 is 0 Å². The third kappa shape index (κ3) is 2.88. The molecule has 1 aliphatic carbocycles. The Morgan fingerprint density at radius 1 is 1.24 bits per heavy atom. The topological polar surface area (TPSA) is 33.1 Å². The molecule has 2 aliphatic rings. The minimum atomic E-state index is 0.413. The lowest BCUT2D eigenvalue weighted by Gasteiger charge is -2.45. The predicted octanol–water partition coefficient (Wildman–Crippen LogP) is 2.35. The van der Waals surface area contributed by atoms with Crippen molar-refractivity contribution in [2.75, 3.05) is 20.1 Å². The average molecular weight is 290 g/mol. The predicted molar refractivity (Wildman–Crippen MR) is 86.4 cm³/mol. The van der Waals surface area contributed by atoms with Gasteiger partial charge in [0.2, 0.25) is 0 Å². The minimum absolute atomic E-state index is 0.413. The maximum atomic E-state index is 4.49. The largest absolute Gasteiger partial charge is 0.338 e. The van der Waals surface area contributed by atoms with Crippen molar-refractivity contribution in [3.8, 4) is 0 Å². The Morgan fingerprint density at radius 3 is 2.52 bits per heavy atom. The maximum Gasteiger partial charge on any atom is 0.108 e. The molecule has 1 saturated carbocycles. The van der Waals surface area contributed by atoms with Gasteiger partial charge < -0.3 is 9.88 Å². The Morgan fingerprint density at radius 2 is 1.95 bits per heavy atom. The second-order valence-electron chi connectivity index (χ2n) is 6.84. The quantitative estimate of drug-likeness (QED) is 0.873. The van der Waals surface area contributed by atoms with E-state index in [2.05, 4.69) is 40.1 Å². The number of hydrogen-bond acceptors (Lipinski definition) is 3. The van der Waals surface area contributed by atoms with Crippen LogP contribution in [-0.4, -0.2) is 46.2 Å². The normalized spacial score (nSPS) is 23.7. The molecule has 1 saturated heterocycles. The average Bonchev–Trinajstić information content (AvgIpc) is 3.20. The molecule has 1 N–H and O–H groups in total. The fourth-order valence-electron chi connectivity index (χ4n) is 4.63. The van der Waals surface area contributed by atoms with Crippen LogP contribution in [0.2, 0.25) is 0 Å². The van der Waals surface area contributed by atoms with Crippen LogP contribution in [0.1, 0.15) is 50.8 Å². The molecule has 21 heavy (non-hydrogen) atoms. The van der Waals surface area contributed by atoms with Gasteiger partial charge in [-0.25, -0.2) is 4.98 Å². The lowest BCUT2D eigenvalue weighted by atomic mass is 9.83. The van der Waals surface area contributed by atoms with Gasteiger partial charge in [-0.2, -0.15) is 0 Å². The molecule has 0 radical (unpaired) electrons. The third-order valence-electron chi connectivity index (χ3n) is 5.78. The van der Waals surface area contributed by atoms with E-state index in [1.165, 1.54) is 63.9 Å². The number of nitrogens with zero attached hydrogens (tertiary/aromatic N) is 3. The van der Waals surface area contributed by atoms with Gasteiger partial charge in [-0.3, -0.25) is 4.90 Å². The van der Waals surface area contributed by atoms with Crippen molar-refractivity contribution in [3.63, 3.8) is 0 Å². The van der Waals surface area contributed by atoms with Crippen LogP contribution in [0.4, 0.5) is 0 Å². The molecule has 2 fully saturated rings. The molecule has 4 heteroatoms. The lowest BCUT2D eigenvalue weighted by molar-refractivity contribution is 0.0760. The van der Waals surface area contributed by atoms with Crippen LogP contribution in [-0.2, 0) is 13.5 Å². The van der Waals surface area contributed by atoms with E-state index in [0.717, 1.165) is 6.42 Å². The van der Waals surface area contributed by atoms with Gasteiger partial charge in [0.25, 0.3) is 0 Å². The highest BCUT2D eigenvalue weighted by Gasteiger charge is 2.45. The Bertz CT molecular complexity index is 441. The summed E-state index contributed by atoms with van der Waals surface area (Å²) in [6, 6.07) is 0.592. The fraction of sp³-hybridized carbons (Fsp3) is 0.824. The molecule has 3 rings (SSSR count). The number of aromatic nitrogens is 2. The SMILES string of the molecule is CNC(CCc1nccn1C)C1(N2CCCC2)CCCC1. The summed E-state index contributed by atoms with van der Waals surface area (Å²) in [6.45, 7) is 2.61. The van der Waals surface area contributed by atoms with E-state index in [1.54, 1.807) is 0 Å². The molecule has 1 aromatic heterocycles. The van der Waals surface area contributed by atoms with Crippen molar-refractivity contribution in [1.82, 2.24) is 19.8 Å². The zero-order valence-electron chi connectivity index (χ0n) is 13.6. The van der Waals surface area contributed by atoms with Crippen LogP contribution in [0.15, 0.2) is 12.4 Å². The van der Waals surface area contributed by atoms with Crippen molar-refractivity contribution in [1.29, 1.82) is 0 Å². The molecule has 1 aromatic rings. The van der Waals surface area contributed by atoms with Gasteiger partial charge in [-0.1, -0.05) is 12.8 Å². The van der Waals surface area contributed by atoms with Gasteiger partial charge in [0, 0.05) is 37.4 Å². The monoisotopic (exact) mass is 290 g/mol. The van der Waals surface area contributed by atoms with Crippen LogP contribution >= 0.6 is 0 Å². The summed E-state index contributed by atoms with van der Waals surface area (Å²) in [5, 5.41) is 3.66. The summed E-state index contributed by atoms with van der Waals surface area (Å²) in [7, 11) is 4.25. The molecule has 0 spiro atoms. The molecule has 0 amide bonds. The Balaban J connectivity index is 1.71. The molecule has 2 heterocycles. The van der Waals surface area contributed by atoms with E-state index in [4.69, 9.17) is 0 Å². The Hall–Kier alpha value is -0.870. The second kappa shape index (κ2) is 6.49. The van der Waals surface area contributed by atoms with Crippen LogP contribution in [0, 0.1) is 0 Å². The summed E-state index contributed by atoms with van der Waals surface area (Å²) in [5.74, 6) is 1.21. The third-order valence-corrected chi connectivity index (χ3v) is 5.78. The number of hydrogen-bond donors (Lipinski definition) is 1. The smallest absolute Gasteiger partial charge is 0.108 e. The maximum absolute atomic E-state index is 4.49. The first-order chi connectivity index (χ1) is 10.3. The highest BCUT2D eigenvalue weighted by atomic mass is 15.2. The summed E-state index contributed by atoms with van der Waals surface area (Å²) < 4.78 is 2.16. The number of aryl methyl sites for hydroxylation is 2. The first-order valence-corrected chi connectivity index (χ1v) is 8.65. The van der Waals surface area contributed by atoms with Gasteiger partial charge in [0.1, 0.15) is 5.82 Å². The summed E-state index contributed by atoms with van der Waals surface area (Å²) >= 11 is 0. The van der Waals surface area contributed by atoms with Gasteiger partial charge in [-0.05, 0) is 52.2 Å². The van der Waals surface area contributed by atoms with Crippen molar-refractivity contribution in [3.05, 3.63) is 18.2 Å². The summed E-state index contributed by atoms with van der Waals surface area (Å²) in [4.78, 5) is 7.30. The van der Waals surface area contributed by atoms with E-state index in [-0.39, 0.29) is 0 Å². The molecule has 4 nitrogen and oxygen atoms in total. The number of likely N-dealkylation sites (N-methyl/N-ethyl adjacent to an activating group) is 1. The van der Waals surface area contributed by atoms with E-state index >= 15 is 0 Å². The summed E-state index contributed by atoms with van der Waals surface area (Å²) in [5.41, 5.74) is 0.413. The zero-order valence-corrected chi connectivity index (χ0v) is 13.6. The van der Waals surface area contributed by atoms with Crippen LogP contribution in [0.25, 0.3) is 0 Å². The van der Waals surface area contributed by atoms with E-state index in [0.29, 0.717) is 11.6 Å². The van der Waals surface area contributed by atoms with Crippen molar-refractivity contribution >= 4 is 0 Å². The Labute approximate surface area is 128 Å². The van der Waals surface area contributed by atoms with E-state index in [1.807, 2.05) is 6.20 Å². The lowest BCUT2D eigenvalue weighted by Crippen LogP contribution is -2.58. The molecular formula is C17H30N4. The summed E-state index contributed by atoms with van der Waals surface area (Å²) in [6.07, 6.45) is 14.6. The first kappa shape index (κ1) is 15.0. The van der Waals surface area contributed by atoms with Gasteiger partial charge in [0.15, 0.2) is 0 Å². The molecule has 1 atom stereocenters. The highest BCUT2D eigenvalue weighted by Crippen LogP contribution is 2.41. The van der Waals surface area contributed by atoms with Crippen molar-refractivity contribution < 1.29 is 0 Å². The molecular weight excluding hydrogens is 260 g/mol. The number of rotatable bonds is 6. The highest BCUT2D eigenvalue weighted by molar-refractivity contribution is 5.05. The zero-order chi connectivity index (χ0) is 14.7. The number of imidazole rings is 1. The number of likely N-dealkylation sites (tertiary alicyclic amines) is 1. The van der Waals surface area contributed by atoms with Crippen LogP contribution in [0.5, 0.6) is 0 Å². The van der Waals surface area contributed by atoms with E-state index in [9.17, 15) is 0 Å². The van der Waals surface area contributed by atoms with Gasteiger partial charge in [-0.15, -0.1) is 0 Å². The van der Waals surface area contributed by atoms with Crippen molar-refractivity contribution in [2.45, 2.75) is 62.9 Å². The second-order valence-corrected chi connectivity index (χ2v) is 6.84. The number of nitrogens with one attached hydrogen (secondary N) is 1. The van der Waals surface area contributed by atoms with Gasteiger partial charge >= 0.3 is 0 Å². The molecule has 1 aliphatic heterocycles. The molecule has 0 aromatic carbocycles. The van der Waals surface area contributed by atoms with Crippen LogP contribution < -0.4 is 5.32 Å². The fourth-order valence-corrected chi connectivity index (χ4v) is 4.63. The van der Waals surface area contributed by atoms with Crippen molar-refractivity contribution in [2.24, 2.45) is 7.05 Å². The molecule has 118 valence electrons. The standard InChI is InChI=1S/C17H30N4/c1-18-15(7-8-16-19-11-14-20(16)2)17(9-3-4-10-17)21-12-5-6-13-21/h11,14-15,18H,3-10,12-13H2,1-2H3. The molecule has 1 unspecified atom stereocenters. The Kier molecular flexibility index (Phi) is 4.65. The van der Waals surface area contributed by atoms with Gasteiger partial charge in [0.05, 0.1) is 0 Å². The molecule has 0 bridgehead atoms.